The fourth-order valence-electron chi connectivity index (χ4n) is 3.24. The van der Waals surface area contributed by atoms with E-state index in [1.807, 2.05) is 20.8 Å². The van der Waals surface area contributed by atoms with Crippen molar-refractivity contribution in [1.29, 1.82) is 0 Å². The van der Waals surface area contributed by atoms with Crippen LogP contribution in [0.4, 0.5) is 4.79 Å². The average Bonchev–Trinajstić information content (AvgIpc) is 2.71. The zero-order valence-corrected chi connectivity index (χ0v) is 14.1. The molecule has 0 spiro atoms. The molecule has 0 aromatic carbocycles. The van der Waals surface area contributed by atoms with Gasteiger partial charge in [0.15, 0.2) is 0 Å². The predicted octanol–water partition coefficient (Wildman–Crippen LogP) is 3.57. The van der Waals surface area contributed by atoms with Gasteiger partial charge >= 0.3 is 12.1 Å². The number of rotatable bonds is 3. The van der Waals surface area contributed by atoms with Crippen molar-refractivity contribution in [3.05, 3.63) is 0 Å². The summed E-state index contributed by atoms with van der Waals surface area (Å²) in [7, 11) is 0. The van der Waals surface area contributed by atoms with Gasteiger partial charge in [0.25, 0.3) is 0 Å². The maximum Gasteiger partial charge on any atom is 0.407 e. The van der Waals surface area contributed by atoms with Crippen LogP contribution in [0.1, 0.15) is 67.2 Å². The number of aliphatic carboxylic acids is 1. The summed E-state index contributed by atoms with van der Waals surface area (Å²) in [5, 5.41) is 12.6. The molecule has 0 radical (unpaired) electrons. The van der Waals surface area contributed by atoms with Crippen molar-refractivity contribution >= 4 is 12.1 Å². The van der Waals surface area contributed by atoms with Gasteiger partial charge in [0.05, 0.1) is 11.5 Å². The molecule has 1 fully saturated rings. The first-order chi connectivity index (χ1) is 9.38. The molecule has 1 saturated carbocycles. The molecule has 122 valence electrons. The lowest BCUT2D eigenvalue weighted by atomic mass is 9.67. The van der Waals surface area contributed by atoms with Gasteiger partial charge in [-0.3, -0.25) is 4.79 Å². The Balaban J connectivity index is 3.02. The van der Waals surface area contributed by atoms with Crippen LogP contribution in [0, 0.1) is 10.8 Å². The largest absolute Gasteiger partial charge is 0.481 e. The molecule has 0 aromatic heterocycles. The van der Waals surface area contributed by atoms with Gasteiger partial charge < -0.3 is 15.2 Å². The zero-order valence-electron chi connectivity index (χ0n) is 14.1. The average molecular weight is 299 g/mol. The Morgan fingerprint density at radius 2 is 1.57 bits per heavy atom. The third kappa shape index (κ3) is 4.35. The summed E-state index contributed by atoms with van der Waals surface area (Å²) in [6.07, 6.45) is 2.42. The van der Waals surface area contributed by atoms with E-state index in [0.29, 0.717) is 12.8 Å². The van der Waals surface area contributed by atoms with Crippen LogP contribution in [0.15, 0.2) is 0 Å². The molecule has 0 saturated heterocycles. The van der Waals surface area contributed by atoms with Crippen molar-refractivity contribution in [3.63, 3.8) is 0 Å². The number of amides is 1. The van der Waals surface area contributed by atoms with Crippen molar-refractivity contribution in [2.75, 3.05) is 0 Å². The molecule has 1 unspecified atom stereocenters. The molecule has 21 heavy (non-hydrogen) atoms. The highest BCUT2D eigenvalue weighted by Crippen LogP contribution is 2.46. The summed E-state index contributed by atoms with van der Waals surface area (Å²) in [5.41, 5.74) is -1.85. The Bertz CT molecular complexity index is 397. The number of hydrogen-bond donors (Lipinski definition) is 2. The van der Waals surface area contributed by atoms with Crippen molar-refractivity contribution in [3.8, 4) is 0 Å². The summed E-state index contributed by atoms with van der Waals surface area (Å²) >= 11 is 0. The molecule has 5 nitrogen and oxygen atoms in total. The molecule has 0 heterocycles. The van der Waals surface area contributed by atoms with Crippen molar-refractivity contribution < 1.29 is 19.4 Å². The summed E-state index contributed by atoms with van der Waals surface area (Å²) in [4.78, 5) is 24.0. The number of hydrogen-bond acceptors (Lipinski definition) is 3. The Labute approximate surface area is 127 Å². The van der Waals surface area contributed by atoms with E-state index in [1.165, 1.54) is 0 Å². The number of alkyl carbamates (subject to hydrolysis) is 1. The first kappa shape index (κ1) is 17.8. The molecule has 1 aliphatic rings. The second-order valence-electron chi connectivity index (χ2n) is 8.11. The Morgan fingerprint density at radius 1 is 1.10 bits per heavy atom. The van der Waals surface area contributed by atoms with Crippen LogP contribution < -0.4 is 5.32 Å². The third-order valence-electron chi connectivity index (χ3n) is 4.00. The zero-order chi connectivity index (χ0) is 16.5. The van der Waals surface area contributed by atoms with Crippen LogP contribution in [0.2, 0.25) is 0 Å². The van der Waals surface area contributed by atoms with E-state index < -0.39 is 29.1 Å². The van der Waals surface area contributed by atoms with Crippen molar-refractivity contribution in [1.82, 2.24) is 5.32 Å². The van der Waals surface area contributed by atoms with Gasteiger partial charge in [0.1, 0.15) is 5.60 Å². The van der Waals surface area contributed by atoms with E-state index in [9.17, 15) is 14.7 Å². The minimum absolute atomic E-state index is 0.361. The van der Waals surface area contributed by atoms with E-state index in [2.05, 4.69) is 5.32 Å². The van der Waals surface area contributed by atoms with Gasteiger partial charge in [-0.15, -0.1) is 0 Å². The summed E-state index contributed by atoms with van der Waals surface area (Å²) in [5.74, 6) is -0.823. The maximum absolute atomic E-state index is 12.1. The minimum atomic E-state index is -0.894. The Morgan fingerprint density at radius 3 is 1.90 bits per heavy atom. The molecule has 1 amide bonds. The normalized spacial score (nSPS) is 19.9. The van der Waals surface area contributed by atoms with Crippen molar-refractivity contribution in [2.45, 2.75) is 78.9 Å². The standard InChI is InChI=1S/C16H29NO4/c1-14(2,3)11(17-13(20)21-15(4,5)6)16(12(18)19)9-7-8-10-16/h11H,7-10H2,1-6H3,(H,17,20)(H,18,19). The molecule has 2 N–H and O–H groups in total. The van der Waals surface area contributed by atoms with E-state index in [4.69, 9.17) is 4.74 Å². The lowest BCUT2D eigenvalue weighted by Gasteiger charge is -2.42. The highest BCUT2D eigenvalue weighted by Gasteiger charge is 2.53. The smallest absolute Gasteiger partial charge is 0.407 e. The van der Waals surface area contributed by atoms with Gasteiger partial charge in [-0.2, -0.15) is 0 Å². The minimum Gasteiger partial charge on any atom is -0.481 e. The number of carbonyl (C=O) groups excluding carboxylic acids is 1. The number of carbonyl (C=O) groups is 2. The molecule has 0 bridgehead atoms. The topological polar surface area (TPSA) is 75.6 Å². The highest BCUT2D eigenvalue weighted by molar-refractivity contribution is 5.78. The molecular formula is C16H29NO4. The fraction of sp³-hybridized carbons (Fsp3) is 0.875. The van der Waals surface area contributed by atoms with Gasteiger partial charge in [0.2, 0.25) is 0 Å². The number of carboxylic acid groups (broad SMARTS) is 1. The highest BCUT2D eigenvalue weighted by atomic mass is 16.6. The summed E-state index contributed by atoms with van der Waals surface area (Å²) < 4.78 is 5.30. The van der Waals surface area contributed by atoms with Crippen molar-refractivity contribution in [2.24, 2.45) is 10.8 Å². The fourth-order valence-corrected chi connectivity index (χ4v) is 3.24. The second-order valence-corrected chi connectivity index (χ2v) is 8.11. The monoisotopic (exact) mass is 299 g/mol. The van der Waals surface area contributed by atoms with E-state index in [1.54, 1.807) is 20.8 Å². The van der Waals surface area contributed by atoms with E-state index >= 15 is 0 Å². The Hall–Kier alpha value is -1.26. The predicted molar refractivity (Wildman–Crippen MR) is 81.1 cm³/mol. The number of ether oxygens (including phenoxy) is 1. The molecular weight excluding hydrogens is 270 g/mol. The van der Waals surface area contributed by atoms with Crippen LogP contribution >= 0.6 is 0 Å². The van der Waals surface area contributed by atoms with Gasteiger partial charge in [-0.1, -0.05) is 33.6 Å². The molecule has 1 aliphatic carbocycles. The lowest BCUT2D eigenvalue weighted by Crippen LogP contribution is -2.57. The number of carboxylic acids is 1. The first-order valence-corrected chi connectivity index (χ1v) is 7.61. The Kier molecular flexibility index (Phi) is 4.96. The lowest BCUT2D eigenvalue weighted by molar-refractivity contribution is -0.152. The van der Waals surface area contributed by atoms with E-state index in [-0.39, 0.29) is 5.41 Å². The van der Waals surface area contributed by atoms with E-state index in [0.717, 1.165) is 12.8 Å². The quantitative estimate of drug-likeness (QED) is 0.835. The number of nitrogens with one attached hydrogen (secondary N) is 1. The van der Waals surface area contributed by atoms with Crippen LogP contribution in [0.5, 0.6) is 0 Å². The summed E-state index contributed by atoms with van der Waals surface area (Å²) in [6.45, 7) is 11.2. The van der Waals surface area contributed by atoms with Gasteiger partial charge in [0, 0.05) is 0 Å². The second kappa shape index (κ2) is 5.85. The van der Waals surface area contributed by atoms with Gasteiger partial charge in [-0.25, -0.2) is 4.79 Å². The SMILES string of the molecule is CC(C)(C)OC(=O)NC(C(C)(C)C)C1(C(=O)O)CCCC1. The van der Waals surface area contributed by atoms with Crippen LogP contribution in [-0.2, 0) is 9.53 Å². The molecule has 0 aromatic rings. The van der Waals surface area contributed by atoms with Crippen LogP contribution in [0.25, 0.3) is 0 Å². The molecule has 1 rings (SSSR count). The van der Waals surface area contributed by atoms with Crippen LogP contribution in [-0.4, -0.2) is 28.8 Å². The molecule has 1 atom stereocenters. The molecule has 5 heteroatoms. The first-order valence-electron chi connectivity index (χ1n) is 7.61. The molecule has 0 aliphatic heterocycles. The van der Waals surface area contributed by atoms with Crippen LogP contribution in [0.3, 0.4) is 0 Å². The maximum atomic E-state index is 12.1. The summed E-state index contributed by atoms with van der Waals surface area (Å²) in [6, 6.07) is -0.458. The third-order valence-corrected chi connectivity index (χ3v) is 4.00. The van der Waals surface area contributed by atoms with Gasteiger partial charge in [-0.05, 0) is 39.0 Å².